The van der Waals surface area contributed by atoms with Gasteiger partial charge in [-0.1, -0.05) is 11.6 Å². The summed E-state index contributed by atoms with van der Waals surface area (Å²) in [6, 6.07) is -0.136. The molecule has 1 aliphatic rings. The minimum absolute atomic E-state index is 0.0486. The molecule has 1 aliphatic heterocycles. The lowest BCUT2D eigenvalue weighted by atomic mass is 10.0. The molecule has 104 valence electrons. The zero-order valence-electron chi connectivity index (χ0n) is 10.5. The van der Waals surface area contributed by atoms with Crippen LogP contribution in [-0.2, 0) is 22.7 Å². The molecule has 0 bridgehead atoms. The van der Waals surface area contributed by atoms with Gasteiger partial charge in [0, 0.05) is 0 Å². The fraction of sp³-hybridized carbons (Fsp3) is 0.636. The van der Waals surface area contributed by atoms with Crippen molar-refractivity contribution in [1.29, 1.82) is 0 Å². The first kappa shape index (κ1) is 13.5. The topological polar surface area (TPSA) is 109 Å². The summed E-state index contributed by atoms with van der Waals surface area (Å²) in [6.45, 7) is 0.897. The van der Waals surface area contributed by atoms with Gasteiger partial charge in [0.2, 0.25) is 5.91 Å². The highest BCUT2D eigenvalue weighted by Crippen LogP contribution is 2.06. The van der Waals surface area contributed by atoms with E-state index in [-0.39, 0.29) is 25.0 Å². The summed E-state index contributed by atoms with van der Waals surface area (Å²) >= 11 is 0. The normalized spacial score (nSPS) is 19.1. The summed E-state index contributed by atoms with van der Waals surface area (Å²) in [5.74, 6) is -1.03. The Morgan fingerprint density at radius 2 is 2.37 bits per heavy atom. The fourth-order valence-corrected chi connectivity index (χ4v) is 2.01. The van der Waals surface area contributed by atoms with Crippen LogP contribution < -0.4 is 10.6 Å². The van der Waals surface area contributed by atoms with Crippen LogP contribution in [0, 0.1) is 0 Å². The molecular weight excluding hydrogens is 250 g/mol. The summed E-state index contributed by atoms with van der Waals surface area (Å²) in [6.07, 6.45) is 4.52. The molecule has 1 amide bonds. The Labute approximate surface area is 110 Å². The summed E-state index contributed by atoms with van der Waals surface area (Å²) in [7, 11) is 0. The molecule has 8 nitrogen and oxygen atoms in total. The average Bonchev–Trinajstić information content (AvgIpc) is 2.84. The molecule has 0 radical (unpaired) electrons. The maximum Gasteiger partial charge on any atom is 0.325 e. The number of nitrogens with zero attached hydrogens (tertiary/aromatic N) is 3. The van der Waals surface area contributed by atoms with Crippen LogP contribution in [0.3, 0.4) is 0 Å². The molecule has 1 fully saturated rings. The summed E-state index contributed by atoms with van der Waals surface area (Å²) in [4.78, 5) is 22.3. The van der Waals surface area contributed by atoms with Crippen molar-refractivity contribution < 1.29 is 14.7 Å². The van der Waals surface area contributed by atoms with Gasteiger partial charge in [-0.15, -0.1) is 5.10 Å². The number of rotatable bonds is 5. The molecule has 2 rings (SSSR count). The molecule has 0 spiro atoms. The number of aliphatic carboxylic acids is 1. The van der Waals surface area contributed by atoms with Crippen LogP contribution in [0.5, 0.6) is 0 Å². The van der Waals surface area contributed by atoms with Gasteiger partial charge in [-0.2, -0.15) is 0 Å². The Bertz CT molecular complexity index is 453. The zero-order valence-corrected chi connectivity index (χ0v) is 10.5. The largest absolute Gasteiger partial charge is 0.480 e. The second-order valence-corrected chi connectivity index (χ2v) is 4.52. The molecule has 0 saturated carbocycles. The van der Waals surface area contributed by atoms with Crippen molar-refractivity contribution in [2.75, 3.05) is 6.54 Å². The lowest BCUT2D eigenvalue weighted by molar-refractivity contribution is -0.138. The lowest BCUT2D eigenvalue weighted by Crippen LogP contribution is -2.46. The van der Waals surface area contributed by atoms with Gasteiger partial charge in [0.05, 0.1) is 18.8 Å². The second-order valence-electron chi connectivity index (χ2n) is 4.52. The predicted molar refractivity (Wildman–Crippen MR) is 65.1 cm³/mol. The van der Waals surface area contributed by atoms with E-state index in [4.69, 9.17) is 5.11 Å². The maximum atomic E-state index is 11.8. The Kier molecular flexibility index (Phi) is 4.45. The minimum Gasteiger partial charge on any atom is -0.480 e. The van der Waals surface area contributed by atoms with Crippen molar-refractivity contribution in [2.45, 2.75) is 38.4 Å². The predicted octanol–water partition coefficient (Wildman–Crippen LogP) is -0.879. The van der Waals surface area contributed by atoms with Crippen molar-refractivity contribution in [3.63, 3.8) is 0 Å². The zero-order chi connectivity index (χ0) is 13.7. The van der Waals surface area contributed by atoms with E-state index in [0.717, 1.165) is 25.8 Å². The Balaban J connectivity index is 1.79. The highest BCUT2D eigenvalue weighted by Gasteiger charge is 2.20. The third-order valence-corrected chi connectivity index (χ3v) is 2.95. The van der Waals surface area contributed by atoms with E-state index in [1.54, 1.807) is 0 Å². The van der Waals surface area contributed by atoms with Gasteiger partial charge in [0.1, 0.15) is 12.2 Å². The van der Waals surface area contributed by atoms with Crippen LogP contribution in [0.1, 0.15) is 25.0 Å². The number of amides is 1. The number of carbonyl (C=O) groups excluding carboxylic acids is 1. The van der Waals surface area contributed by atoms with Crippen molar-refractivity contribution in [1.82, 2.24) is 25.6 Å². The number of hydrogen-bond donors (Lipinski definition) is 3. The summed E-state index contributed by atoms with van der Waals surface area (Å²) in [5, 5.41) is 22.0. The van der Waals surface area contributed by atoms with Crippen LogP contribution >= 0.6 is 0 Å². The Morgan fingerprint density at radius 3 is 3.05 bits per heavy atom. The molecule has 1 atom stereocenters. The van der Waals surface area contributed by atoms with Crippen LogP contribution in [0.4, 0.5) is 0 Å². The number of aromatic nitrogens is 3. The Hall–Kier alpha value is -1.96. The van der Waals surface area contributed by atoms with E-state index in [1.165, 1.54) is 10.9 Å². The van der Waals surface area contributed by atoms with Gasteiger partial charge in [-0.3, -0.25) is 9.59 Å². The molecule has 19 heavy (non-hydrogen) atoms. The van der Waals surface area contributed by atoms with E-state index in [1.807, 2.05) is 0 Å². The molecule has 3 N–H and O–H groups in total. The van der Waals surface area contributed by atoms with E-state index in [2.05, 4.69) is 20.9 Å². The van der Waals surface area contributed by atoms with Gasteiger partial charge in [-0.05, 0) is 19.4 Å². The van der Waals surface area contributed by atoms with Crippen molar-refractivity contribution in [3.8, 4) is 0 Å². The first-order valence-corrected chi connectivity index (χ1v) is 6.27. The molecular formula is C11H17N5O3. The molecule has 1 saturated heterocycles. The molecule has 0 aromatic carbocycles. The standard InChI is InChI=1S/C11H17N5O3/c17-10(18)7-16-6-8(14-15-16)5-13-11(19)9-3-1-2-4-12-9/h6,9,12H,1-5,7H2,(H,13,19)(H,17,18)/t9-/m0/s1. The van der Waals surface area contributed by atoms with Crippen LogP contribution in [0.25, 0.3) is 0 Å². The van der Waals surface area contributed by atoms with E-state index in [9.17, 15) is 9.59 Å². The maximum absolute atomic E-state index is 11.8. The summed E-state index contributed by atoms with van der Waals surface area (Å²) in [5.41, 5.74) is 0.547. The fourth-order valence-electron chi connectivity index (χ4n) is 2.01. The Morgan fingerprint density at radius 1 is 1.53 bits per heavy atom. The first-order chi connectivity index (χ1) is 9.15. The van der Waals surface area contributed by atoms with E-state index >= 15 is 0 Å². The SMILES string of the molecule is O=C(O)Cn1cc(CNC(=O)[C@@H]2CCCCN2)nn1. The molecule has 8 heteroatoms. The van der Waals surface area contributed by atoms with Crippen molar-refractivity contribution >= 4 is 11.9 Å². The smallest absolute Gasteiger partial charge is 0.325 e. The van der Waals surface area contributed by atoms with Crippen molar-refractivity contribution in [3.05, 3.63) is 11.9 Å². The number of nitrogens with one attached hydrogen (secondary N) is 2. The molecule has 2 heterocycles. The van der Waals surface area contributed by atoms with Gasteiger partial charge in [0.25, 0.3) is 0 Å². The van der Waals surface area contributed by atoms with Crippen molar-refractivity contribution in [2.24, 2.45) is 0 Å². The molecule has 0 aliphatic carbocycles. The first-order valence-electron chi connectivity index (χ1n) is 6.27. The number of carboxylic acid groups (broad SMARTS) is 1. The minimum atomic E-state index is -0.980. The number of carboxylic acids is 1. The highest BCUT2D eigenvalue weighted by molar-refractivity contribution is 5.81. The summed E-state index contributed by atoms with van der Waals surface area (Å²) < 4.78 is 1.22. The van der Waals surface area contributed by atoms with Gasteiger partial charge < -0.3 is 15.7 Å². The molecule has 0 unspecified atom stereocenters. The average molecular weight is 267 g/mol. The van der Waals surface area contributed by atoms with Gasteiger partial charge >= 0.3 is 5.97 Å². The van der Waals surface area contributed by atoms with Gasteiger partial charge in [0.15, 0.2) is 0 Å². The quantitative estimate of drug-likeness (QED) is 0.639. The van der Waals surface area contributed by atoms with E-state index in [0.29, 0.717) is 5.69 Å². The van der Waals surface area contributed by atoms with E-state index < -0.39 is 5.97 Å². The molecule has 1 aromatic rings. The third-order valence-electron chi connectivity index (χ3n) is 2.95. The third kappa shape index (κ3) is 4.02. The van der Waals surface area contributed by atoms with Gasteiger partial charge in [-0.25, -0.2) is 4.68 Å². The highest BCUT2D eigenvalue weighted by atomic mass is 16.4. The second kappa shape index (κ2) is 6.28. The number of hydrogen-bond acceptors (Lipinski definition) is 5. The lowest BCUT2D eigenvalue weighted by Gasteiger charge is -2.22. The molecule has 1 aromatic heterocycles. The number of piperidine rings is 1. The van der Waals surface area contributed by atoms with Crippen LogP contribution in [-0.4, -0.2) is 44.6 Å². The number of carbonyl (C=O) groups is 2. The monoisotopic (exact) mass is 267 g/mol. The van der Waals surface area contributed by atoms with Crippen LogP contribution in [0.2, 0.25) is 0 Å². The van der Waals surface area contributed by atoms with Crippen LogP contribution in [0.15, 0.2) is 6.20 Å².